The first-order chi connectivity index (χ1) is 25.5. The molecule has 0 aromatic heterocycles. The highest BCUT2D eigenvalue weighted by Gasteiger charge is 2.10. The minimum absolute atomic E-state index is 0.825. The molecule has 4 N–H and O–H groups in total. The zero-order valence-electron chi connectivity index (χ0n) is 32.3. The average molecular weight is 693 g/mol. The van der Waals surface area contributed by atoms with Crippen LogP contribution >= 0.6 is 0 Å². The summed E-state index contributed by atoms with van der Waals surface area (Å²) in [6.45, 7) is 4.59. The van der Waals surface area contributed by atoms with E-state index in [1.54, 1.807) is 0 Å². The molecule has 5 rings (SSSR count). The summed E-state index contributed by atoms with van der Waals surface area (Å²) in [4.78, 5) is 0. The van der Waals surface area contributed by atoms with Crippen molar-refractivity contribution in [3.05, 3.63) is 165 Å². The van der Waals surface area contributed by atoms with E-state index in [0.29, 0.717) is 0 Å². The Morgan fingerprint density at radius 2 is 0.615 bits per heavy atom. The molecule has 0 amide bonds. The Balaban J connectivity index is 1.27. The maximum Gasteiger partial charge on any atom is 0.0314 e. The van der Waals surface area contributed by atoms with E-state index in [2.05, 4.69) is 98.8 Å². The first-order valence-electron chi connectivity index (χ1n) is 20.5. The molecular weight excluding hydrogens is 629 g/mol. The van der Waals surface area contributed by atoms with Gasteiger partial charge < -0.3 is 11.5 Å². The van der Waals surface area contributed by atoms with Crippen LogP contribution in [0.2, 0.25) is 0 Å². The summed E-state index contributed by atoms with van der Waals surface area (Å²) in [6, 6.07) is 40.6. The van der Waals surface area contributed by atoms with Gasteiger partial charge in [0.1, 0.15) is 0 Å². The van der Waals surface area contributed by atoms with Gasteiger partial charge in [0.15, 0.2) is 0 Å². The molecule has 0 saturated heterocycles. The minimum atomic E-state index is 0.825. The van der Waals surface area contributed by atoms with Gasteiger partial charge in [-0.3, -0.25) is 0 Å². The number of aryl methyl sites for hydroxylation is 2. The Kier molecular flexibility index (Phi) is 15.9. The maximum absolute atomic E-state index is 5.95. The molecule has 0 bridgehead atoms. The zero-order chi connectivity index (χ0) is 36.4. The molecule has 5 aromatic rings. The Morgan fingerprint density at radius 3 is 1.00 bits per heavy atom. The highest BCUT2D eigenvalue weighted by atomic mass is 14.5. The first-order valence-corrected chi connectivity index (χ1v) is 20.5. The predicted octanol–water partition coefficient (Wildman–Crippen LogP) is 13.0. The van der Waals surface area contributed by atoms with Gasteiger partial charge in [-0.15, -0.1) is 0 Å². The Labute approximate surface area is 316 Å². The van der Waals surface area contributed by atoms with E-state index < -0.39 is 0 Å². The summed E-state index contributed by atoms with van der Waals surface area (Å²) in [5.41, 5.74) is 27.7. The third-order valence-electron chi connectivity index (χ3n) is 10.7. The van der Waals surface area contributed by atoms with Crippen LogP contribution in [0.25, 0.3) is 0 Å². The highest BCUT2D eigenvalue weighted by Crippen LogP contribution is 2.25. The van der Waals surface area contributed by atoms with Crippen molar-refractivity contribution in [3.63, 3.8) is 0 Å². The number of hydrogen-bond acceptors (Lipinski definition) is 2. The Morgan fingerprint density at radius 1 is 0.308 bits per heavy atom. The van der Waals surface area contributed by atoms with Crippen LogP contribution in [0.15, 0.2) is 109 Å². The smallest absolute Gasteiger partial charge is 0.0314 e. The first kappa shape index (κ1) is 38.9. The fourth-order valence-corrected chi connectivity index (χ4v) is 7.54. The molecule has 0 atom stereocenters. The number of rotatable bonds is 22. The van der Waals surface area contributed by atoms with Gasteiger partial charge in [0, 0.05) is 11.4 Å². The fourth-order valence-electron chi connectivity index (χ4n) is 7.54. The summed E-state index contributed by atoms with van der Waals surface area (Å²) >= 11 is 0. The SMILES string of the molecule is CCCCCCCCc1cc(Cc2ccc(N)cc2)ccc1Cc1ccc(Cc2ccc(Cc3ccc(N)cc3)cc2CCCCCCCC)cc1. The van der Waals surface area contributed by atoms with Crippen LogP contribution in [0.3, 0.4) is 0 Å². The van der Waals surface area contributed by atoms with Crippen LogP contribution < -0.4 is 11.5 Å². The molecule has 5 aromatic carbocycles. The van der Waals surface area contributed by atoms with E-state index in [1.165, 1.54) is 133 Å². The predicted molar refractivity (Wildman–Crippen MR) is 226 cm³/mol. The topological polar surface area (TPSA) is 52.0 Å². The van der Waals surface area contributed by atoms with Gasteiger partial charge in [0.25, 0.3) is 0 Å². The third-order valence-corrected chi connectivity index (χ3v) is 10.7. The van der Waals surface area contributed by atoms with Gasteiger partial charge in [0.05, 0.1) is 0 Å². The molecule has 0 aliphatic carbocycles. The van der Waals surface area contributed by atoms with Crippen LogP contribution in [0.1, 0.15) is 147 Å². The van der Waals surface area contributed by atoms with E-state index in [4.69, 9.17) is 11.5 Å². The van der Waals surface area contributed by atoms with Gasteiger partial charge in [-0.1, -0.05) is 163 Å². The Hall–Kier alpha value is -4.30. The van der Waals surface area contributed by atoms with Gasteiger partial charge in [-0.05, 0) is 131 Å². The number of anilines is 2. The quantitative estimate of drug-likeness (QED) is 0.0560. The molecule has 0 fully saturated rings. The summed E-state index contributed by atoms with van der Waals surface area (Å²) in [7, 11) is 0. The van der Waals surface area contributed by atoms with Crippen molar-refractivity contribution in [1.82, 2.24) is 0 Å². The minimum Gasteiger partial charge on any atom is -0.399 e. The fraction of sp³-hybridized carbons (Fsp3) is 0.400. The van der Waals surface area contributed by atoms with Crippen LogP contribution in [-0.2, 0) is 38.5 Å². The second-order valence-corrected chi connectivity index (χ2v) is 15.2. The van der Waals surface area contributed by atoms with Crippen molar-refractivity contribution in [2.75, 3.05) is 11.5 Å². The lowest BCUT2D eigenvalue weighted by atomic mass is 9.91. The average Bonchev–Trinajstić information content (AvgIpc) is 3.15. The standard InChI is InChI=1S/C50H64N2/c1-3-5-7-9-11-13-15-45-37-43(33-39-23-29-49(51)30-24-39)21-27-47(45)35-41-17-19-42(20-18-41)36-48-28-22-44(34-40-25-31-50(52)32-26-40)38-46(48)16-14-12-10-8-6-4-2/h17-32,37-38H,3-16,33-36,51-52H2,1-2H3. The largest absolute Gasteiger partial charge is 0.399 e. The second-order valence-electron chi connectivity index (χ2n) is 15.2. The molecule has 2 heteroatoms. The van der Waals surface area contributed by atoms with Crippen molar-refractivity contribution in [3.8, 4) is 0 Å². The molecule has 0 heterocycles. The number of benzene rings is 5. The summed E-state index contributed by atoms with van der Waals surface area (Å²) < 4.78 is 0. The van der Waals surface area contributed by atoms with Crippen molar-refractivity contribution in [2.24, 2.45) is 0 Å². The van der Waals surface area contributed by atoms with Crippen LogP contribution in [0.5, 0.6) is 0 Å². The lowest BCUT2D eigenvalue weighted by Crippen LogP contribution is -2.01. The molecule has 0 radical (unpaired) electrons. The van der Waals surface area contributed by atoms with E-state index in [-0.39, 0.29) is 0 Å². The third kappa shape index (κ3) is 13.0. The Bertz CT molecular complexity index is 1620. The summed E-state index contributed by atoms with van der Waals surface area (Å²) in [5.74, 6) is 0. The van der Waals surface area contributed by atoms with E-state index in [9.17, 15) is 0 Å². The van der Waals surface area contributed by atoms with Crippen molar-refractivity contribution < 1.29 is 0 Å². The molecule has 2 nitrogen and oxygen atoms in total. The monoisotopic (exact) mass is 693 g/mol. The molecule has 0 aliphatic heterocycles. The summed E-state index contributed by atoms with van der Waals surface area (Å²) in [6.07, 6.45) is 22.1. The number of nitrogen functional groups attached to an aromatic ring is 2. The van der Waals surface area contributed by atoms with Crippen LogP contribution in [0, 0.1) is 0 Å². The van der Waals surface area contributed by atoms with Gasteiger partial charge in [-0.2, -0.15) is 0 Å². The van der Waals surface area contributed by atoms with E-state index >= 15 is 0 Å². The number of unbranched alkanes of at least 4 members (excludes halogenated alkanes) is 10. The van der Waals surface area contributed by atoms with Crippen molar-refractivity contribution >= 4 is 11.4 Å². The molecule has 0 aliphatic rings. The molecular formula is C50H64N2. The maximum atomic E-state index is 5.95. The van der Waals surface area contributed by atoms with Gasteiger partial charge >= 0.3 is 0 Å². The summed E-state index contributed by atoms with van der Waals surface area (Å²) in [5, 5.41) is 0. The van der Waals surface area contributed by atoms with E-state index in [1.807, 2.05) is 24.3 Å². The second kappa shape index (κ2) is 21.3. The molecule has 274 valence electrons. The lowest BCUT2D eigenvalue weighted by molar-refractivity contribution is 0.606. The zero-order valence-corrected chi connectivity index (χ0v) is 32.3. The normalized spacial score (nSPS) is 11.3. The van der Waals surface area contributed by atoms with Gasteiger partial charge in [0.2, 0.25) is 0 Å². The van der Waals surface area contributed by atoms with E-state index in [0.717, 1.165) is 49.9 Å². The lowest BCUT2D eigenvalue weighted by Gasteiger charge is -2.15. The molecule has 0 saturated carbocycles. The highest BCUT2D eigenvalue weighted by molar-refractivity contribution is 5.44. The van der Waals surface area contributed by atoms with Crippen molar-refractivity contribution in [2.45, 2.75) is 129 Å². The van der Waals surface area contributed by atoms with Crippen LogP contribution in [-0.4, -0.2) is 0 Å². The number of nitrogens with two attached hydrogens (primary N) is 2. The molecule has 52 heavy (non-hydrogen) atoms. The molecule has 0 unspecified atom stereocenters. The number of hydrogen-bond donors (Lipinski definition) is 2. The van der Waals surface area contributed by atoms with Crippen molar-refractivity contribution in [1.29, 1.82) is 0 Å². The van der Waals surface area contributed by atoms with Gasteiger partial charge in [-0.25, -0.2) is 0 Å². The molecule has 0 spiro atoms. The van der Waals surface area contributed by atoms with Crippen LogP contribution in [0.4, 0.5) is 11.4 Å².